The lowest BCUT2D eigenvalue weighted by Gasteiger charge is -2.14. The molecule has 1 heterocycles. The molecule has 1 atom stereocenters. The molecule has 3 heteroatoms. The number of hydrogen-bond acceptors (Lipinski definition) is 2. The lowest BCUT2D eigenvalue weighted by Crippen LogP contribution is -2.27. The number of nitrogens with zero attached hydrogens (tertiary/aromatic N) is 1. The Hall–Kier alpha value is -0.570. The minimum atomic E-state index is 0.246. The molecule has 3 nitrogen and oxygen atoms in total. The number of aliphatic hydroxyl groups is 1. The van der Waals surface area contributed by atoms with Crippen LogP contribution in [0.5, 0.6) is 0 Å². The van der Waals surface area contributed by atoms with Crippen molar-refractivity contribution < 1.29 is 9.90 Å². The summed E-state index contributed by atoms with van der Waals surface area (Å²) in [4.78, 5) is 13.1. The van der Waals surface area contributed by atoms with Gasteiger partial charge < -0.3 is 10.0 Å². The number of aliphatic hydroxyl groups excluding tert-OH is 1. The van der Waals surface area contributed by atoms with E-state index in [1.807, 2.05) is 11.8 Å². The molecular weight excluding hydrogens is 154 g/mol. The van der Waals surface area contributed by atoms with Crippen LogP contribution in [0.15, 0.2) is 0 Å². The third kappa shape index (κ3) is 2.21. The smallest absolute Gasteiger partial charge is 0.222 e. The second-order valence-electron chi connectivity index (χ2n) is 3.36. The number of carbonyl (C=O) groups is 1. The molecule has 0 bridgehead atoms. The highest BCUT2D eigenvalue weighted by Crippen LogP contribution is 2.19. The van der Waals surface area contributed by atoms with Crippen LogP contribution in [-0.4, -0.2) is 35.6 Å². The van der Waals surface area contributed by atoms with Crippen molar-refractivity contribution in [3.63, 3.8) is 0 Å². The average Bonchev–Trinajstić information content (AvgIpc) is 2.52. The fourth-order valence-corrected chi connectivity index (χ4v) is 1.70. The zero-order valence-corrected chi connectivity index (χ0v) is 7.62. The summed E-state index contributed by atoms with van der Waals surface area (Å²) >= 11 is 0. The Balaban J connectivity index is 2.30. The van der Waals surface area contributed by atoms with E-state index in [1.165, 1.54) is 0 Å². The first kappa shape index (κ1) is 9.52. The van der Waals surface area contributed by atoms with Gasteiger partial charge in [-0.25, -0.2) is 0 Å². The number of rotatable bonds is 3. The summed E-state index contributed by atoms with van der Waals surface area (Å²) in [5.74, 6) is 0.779. The number of hydrogen-bond donors (Lipinski definition) is 1. The third-order valence-electron chi connectivity index (χ3n) is 2.48. The highest BCUT2D eigenvalue weighted by atomic mass is 16.3. The van der Waals surface area contributed by atoms with E-state index in [-0.39, 0.29) is 12.5 Å². The fraction of sp³-hybridized carbons (Fsp3) is 0.889. The zero-order chi connectivity index (χ0) is 8.97. The van der Waals surface area contributed by atoms with Gasteiger partial charge in [0.05, 0.1) is 0 Å². The first-order valence-electron chi connectivity index (χ1n) is 4.66. The second-order valence-corrected chi connectivity index (χ2v) is 3.36. The fourth-order valence-electron chi connectivity index (χ4n) is 1.70. The van der Waals surface area contributed by atoms with E-state index in [4.69, 9.17) is 5.11 Å². The van der Waals surface area contributed by atoms with Crippen LogP contribution in [0.2, 0.25) is 0 Å². The van der Waals surface area contributed by atoms with E-state index in [1.54, 1.807) is 0 Å². The van der Waals surface area contributed by atoms with Crippen LogP contribution >= 0.6 is 0 Å². The third-order valence-corrected chi connectivity index (χ3v) is 2.48. The van der Waals surface area contributed by atoms with Crippen molar-refractivity contribution in [1.82, 2.24) is 4.90 Å². The van der Waals surface area contributed by atoms with Gasteiger partial charge in [-0.05, 0) is 18.8 Å². The van der Waals surface area contributed by atoms with Crippen molar-refractivity contribution in [3.05, 3.63) is 0 Å². The van der Waals surface area contributed by atoms with Crippen molar-refractivity contribution in [1.29, 1.82) is 0 Å². The Labute approximate surface area is 73.4 Å². The summed E-state index contributed by atoms with van der Waals surface area (Å²) in [7, 11) is 0. The van der Waals surface area contributed by atoms with Crippen molar-refractivity contribution in [2.45, 2.75) is 26.2 Å². The lowest BCUT2D eigenvalue weighted by atomic mass is 10.1. The average molecular weight is 171 g/mol. The summed E-state index contributed by atoms with van der Waals surface area (Å²) in [6.07, 6.45) is 2.51. The molecule has 1 aliphatic heterocycles. The molecule has 1 amide bonds. The molecule has 1 saturated heterocycles. The summed E-state index contributed by atoms with van der Waals surface area (Å²) < 4.78 is 0. The van der Waals surface area contributed by atoms with Crippen molar-refractivity contribution in [2.24, 2.45) is 5.92 Å². The molecule has 0 aromatic rings. The van der Waals surface area contributed by atoms with Crippen LogP contribution in [0.3, 0.4) is 0 Å². The van der Waals surface area contributed by atoms with Crippen molar-refractivity contribution >= 4 is 5.91 Å². The number of likely N-dealkylation sites (tertiary alicyclic amines) is 1. The van der Waals surface area contributed by atoms with E-state index in [0.717, 1.165) is 25.9 Å². The van der Waals surface area contributed by atoms with Crippen molar-refractivity contribution in [2.75, 3.05) is 19.7 Å². The summed E-state index contributed by atoms with van der Waals surface area (Å²) in [6, 6.07) is 0. The quantitative estimate of drug-likeness (QED) is 0.676. The normalized spacial score (nSPS) is 23.2. The predicted octanol–water partition coefficient (Wildman–Crippen LogP) is 0.627. The van der Waals surface area contributed by atoms with E-state index in [9.17, 15) is 4.79 Å². The second kappa shape index (κ2) is 4.45. The van der Waals surface area contributed by atoms with Gasteiger partial charge in [0.15, 0.2) is 0 Å². The Bertz CT molecular complexity index is 159. The molecule has 0 radical (unpaired) electrons. The Morgan fingerprint density at radius 3 is 3.00 bits per heavy atom. The molecule has 0 saturated carbocycles. The van der Waals surface area contributed by atoms with E-state index in [0.29, 0.717) is 12.3 Å². The Morgan fingerprint density at radius 2 is 2.42 bits per heavy atom. The van der Waals surface area contributed by atoms with E-state index in [2.05, 4.69) is 0 Å². The van der Waals surface area contributed by atoms with Gasteiger partial charge in [0.2, 0.25) is 5.91 Å². The van der Waals surface area contributed by atoms with Crippen molar-refractivity contribution in [3.8, 4) is 0 Å². The van der Waals surface area contributed by atoms with Gasteiger partial charge in [0, 0.05) is 26.1 Å². The lowest BCUT2D eigenvalue weighted by molar-refractivity contribution is -0.129. The Kier molecular flexibility index (Phi) is 3.53. The first-order valence-corrected chi connectivity index (χ1v) is 4.66. The molecule has 1 unspecified atom stereocenters. The number of carbonyl (C=O) groups excluding carboxylic acids is 1. The van der Waals surface area contributed by atoms with Gasteiger partial charge in [-0.1, -0.05) is 6.92 Å². The minimum Gasteiger partial charge on any atom is -0.396 e. The summed E-state index contributed by atoms with van der Waals surface area (Å²) in [5, 5.41) is 8.71. The largest absolute Gasteiger partial charge is 0.396 e. The topological polar surface area (TPSA) is 40.5 Å². The van der Waals surface area contributed by atoms with Crippen LogP contribution in [0.4, 0.5) is 0 Å². The molecule has 1 fully saturated rings. The van der Waals surface area contributed by atoms with Crippen LogP contribution in [0, 0.1) is 5.92 Å². The molecule has 12 heavy (non-hydrogen) atoms. The maximum atomic E-state index is 11.2. The SMILES string of the molecule is CCC(=O)N1CCC(CCO)C1. The van der Waals surface area contributed by atoms with Gasteiger partial charge in [-0.2, -0.15) is 0 Å². The van der Waals surface area contributed by atoms with Gasteiger partial charge in [0.1, 0.15) is 0 Å². The Morgan fingerprint density at radius 1 is 1.67 bits per heavy atom. The minimum absolute atomic E-state index is 0.246. The zero-order valence-electron chi connectivity index (χ0n) is 7.62. The first-order chi connectivity index (χ1) is 5.77. The summed E-state index contributed by atoms with van der Waals surface area (Å²) in [5.41, 5.74) is 0. The molecule has 1 rings (SSSR count). The summed E-state index contributed by atoms with van der Waals surface area (Å²) in [6.45, 7) is 3.88. The molecule has 0 aromatic carbocycles. The predicted molar refractivity (Wildman–Crippen MR) is 46.7 cm³/mol. The maximum absolute atomic E-state index is 11.2. The molecule has 0 aliphatic carbocycles. The van der Waals surface area contributed by atoms with Gasteiger partial charge in [-0.3, -0.25) is 4.79 Å². The van der Waals surface area contributed by atoms with Gasteiger partial charge in [0.25, 0.3) is 0 Å². The standard InChI is InChI=1S/C9H17NO2/c1-2-9(12)10-5-3-8(7-10)4-6-11/h8,11H,2-7H2,1H3. The van der Waals surface area contributed by atoms with Gasteiger partial charge >= 0.3 is 0 Å². The molecule has 70 valence electrons. The van der Waals surface area contributed by atoms with E-state index >= 15 is 0 Å². The highest BCUT2D eigenvalue weighted by Gasteiger charge is 2.24. The molecule has 0 spiro atoms. The van der Waals surface area contributed by atoms with Crippen LogP contribution in [0.25, 0.3) is 0 Å². The molecular formula is C9H17NO2. The van der Waals surface area contributed by atoms with Crippen LogP contribution in [-0.2, 0) is 4.79 Å². The highest BCUT2D eigenvalue weighted by molar-refractivity contribution is 5.76. The van der Waals surface area contributed by atoms with Crippen LogP contribution < -0.4 is 0 Å². The van der Waals surface area contributed by atoms with E-state index < -0.39 is 0 Å². The van der Waals surface area contributed by atoms with Gasteiger partial charge in [-0.15, -0.1) is 0 Å². The molecule has 1 aliphatic rings. The number of amides is 1. The monoisotopic (exact) mass is 171 g/mol. The van der Waals surface area contributed by atoms with Crippen LogP contribution in [0.1, 0.15) is 26.2 Å². The maximum Gasteiger partial charge on any atom is 0.222 e. The molecule has 0 aromatic heterocycles. The molecule has 1 N–H and O–H groups in total.